The molecular weight excluding hydrogens is 437 g/mol. The summed E-state index contributed by atoms with van der Waals surface area (Å²) >= 11 is 11.9. The quantitative estimate of drug-likeness (QED) is 0.188. The number of nitriles is 1. The third kappa shape index (κ3) is 6.02. The van der Waals surface area contributed by atoms with Gasteiger partial charge in [-0.3, -0.25) is 0 Å². The van der Waals surface area contributed by atoms with E-state index in [4.69, 9.17) is 37.4 Å². The first-order chi connectivity index (χ1) is 15.0. The van der Waals surface area contributed by atoms with Crippen LogP contribution in [0.2, 0.25) is 10.0 Å². The molecule has 0 spiro atoms. The summed E-state index contributed by atoms with van der Waals surface area (Å²) in [6, 6.07) is 21.2. The van der Waals surface area contributed by atoms with Crippen molar-refractivity contribution in [3.63, 3.8) is 0 Å². The fourth-order valence-electron chi connectivity index (χ4n) is 2.70. The van der Waals surface area contributed by atoms with E-state index in [0.29, 0.717) is 27.1 Å². The summed E-state index contributed by atoms with van der Waals surface area (Å²) in [6.45, 7) is -0.348. The third-order valence-corrected chi connectivity index (χ3v) is 4.70. The third-order valence-electron chi connectivity index (χ3n) is 4.17. The summed E-state index contributed by atoms with van der Waals surface area (Å²) in [5, 5.41) is 10.2. The molecule has 0 fully saturated rings. The normalized spacial score (nSPS) is 10.8. The van der Waals surface area contributed by atoms with Gasteiger partial charge in [-0.05, 0) is 47.5 Å². The number of hydrogen-bond donors (Lipinski definition) is 0. The molecule has 7 heteroatoms. The topological polar surface area (TPSA) is 68.5 Å². The fraction of sp³-hybridized carbons (Fsp3) is 0.0833. The predicted molar refractivity (Wildman–Crippen MR) is 121 cm³/mol. The van der Waals surface area contributed by atoms with Gasteiger partial charge in [0.15, 0.2) is 18.1 Å². The monoisotopic (exact) mass is 453 g/mol. The Morgan fingerprint density at radius 3 is 2.42 bits per heavy atom. The van der Waals surface area contributed by atoms with Crippen molar-refractivity contribution < 1.29 is 19.0 Å². The van der Waals surface area contributed by atoms with E-state index in [1.165, 1.54) is 13.2 Å². The summed E-state index contributed by atoms with van der Waals surface area (Å²) in [6.07, 6.45) is 1.73. The van der Waals surface area contributed by atoms with Gasteiger partial charge in [0.25, 0.3) is 0 Å². The second-order valence-corrected chi connectivity index (χ2v) is 7.13. The minimum Gasteiger partial charge on any atom is -0.493 e. The molecule has 0 heterocycles. The second-order valence-electron chi connectivity index (χ2n) is 6.28. The zero-order chi connectivity index (χ0) is 22.2. The molecule has 0 saturated heterocycles. The minimum atomic E-state index is -0.630. The molecule has 0 radical (unpaired) electrons. The highest BCUT2D eigenvalue weighted by molar-refractivity contribution is 6.35. The number of methoxy groups -OCH3 is 1. The van der Waals surface area contributed by atoms with E-state index in [2.05, 4.69) is 6.07 Å². The maximum Gasteiger partial charge on any atom is 0.349 e. The average Bonchev–Trinajstić information content (AvgIpc) is 2.78. The molecule has 3 rings (SSSR count). The van der Waals surface area contributed by atoms with Crippen molar-refractivity contribution >= 4 is 40.8 Å². The van der Waals surface area contributed by atoms with E-state index < -0.39 is 5.97 Å². The van der Waals surface area contributed by atoms with Gasteiger partial charge in [-0.15, -0.1) is 0 Å². The number of allylic oxidation sites excluding steroid dienone is 1. The molecule has 3 aromatic rings. The first-order valence-electron chi connectivity index (χ1n) is 9.14. The molecule has 0 aromatic heterocycles. The highest BCUT2D eigenvalue weighted by atomic mass is 35.5. The Kier molecular flexibility index (Phi) is 7.55. The van der Waals surface area contributed by atoms with Crippen LogP contribution in [0.3, 0.4) is 0 Å². The molecule has 0 aliphatic rings. The van der Waals surface area contributed by atoms with Crippen LogP contribution in [0.15, 0.2) is 66.7 Å². The first-order valence-corrected chi connectivity index (χ1v) is 9.89. The molecule has 0 bridgehead atoms. The summed E-state index contributed by atoms with van der Waals surface area (Å²) in [4.78, 5) is 12.2. The van der Waals surface area contributed by atoms with Crippen LogP contribution in [0.25, 0.3) is 11.6 Å². The lowest BCUT2D eigenvalue weighted by Crippen LogP contribution is -2.18. The smallest absolute Gasteiger partial charge is 0.349 e. The van der Waals surface area contributed by atoms with E-state index in [9.17, 15) is 10.1 Å². The Labute approximate surface area is 190 Å². The molecule has 0 N–H and O–H groups in total. The van der Waals surface area contributed by atoms with Crippen LogP contribution in [-0.4, -0.2) is 19.7 Å². The molecule has 3 aromatic carbocycles. The number of esters is 1. The summed E-state index contributed by atoms with van der Waals surface area (Å²) < 4.78 is 16.1. The van der Waals surface area contributed by atoms with Crippen molar-refractivity contribution in [3.8, 4) is 23.3 Å². The predicted octanol–water partition coefficient (Wildman–Crippen LogP) is 6.05. The zero-order valence-corrected chi connectivity index (χ0v) is 18.0. The van der Waals surface area contributed by atoms with Crippen molar-refractivity contribution in [3.05, 3.63) is 87.9 Å². The Hall–Kier alpha value is -3.46. The van der Waals surface area contributed by atoms with Crippen molar-refractivity contribution in [1.29, 1.82) is 5.26 Å². The molecular formula is C24H17Cl2NO4. The van der Waals surface area contributed by atoms with E-state index in [0.717, 1.165) is 11.1 Å². The Balaban J connectivity index is 1.71. The van der Waals surface area contributed by atoms with Crippen LogP contribution >= 0.6 is 23.2 Å². The number of benzene rings is 3. The average molecular weight is 454 g/mol. The molecule has 31 heavy (non-hydrogen) atoms. The molecule has 0 unspecified atom stereocenters. The number of carbonyl (C=O) groups is 1. The van der Waals surface area contributed by atoms with Gasteiger partial charge in [-0.2, -0.15) is 5.26 Å². The van der Waals surface area contributed by atoms with Crippen LogP contribution in [0.4, 0.5) is 0 Å². The van der Waals surface area contributed by atoms with Crippen molar-refractivity contribution in [1.82, 2.24) is 0 Å². The minimum absolute atomic E-state index is 0.230. The lowest BCUT2D eigenvalue weighted by Gasteiger charge is -2.11. The fourth-order valence-corrected chi connectivity index (χ4v) is 3.17. The van der Waals surface area contributed by atoms with E-state index in [1.54, 1.807) is 36.4 Å². The van der Waals surface area contributed by atoms with Gasteiger partial charge in [-0.1, -0.05) is 59.6 Å². The zero-order valence-electron chi connectivity index (χ0n) is 16.5. The van der Waals surface area contributed by atoms with Crippen LogP contribution in [0, 0.1) is 11.3 Å². The van der Waals surface area contributed by atoms with Crippen molar-refractivity contribution in [2.45, 2.75) is 0 Å². The highest BCUT2D eigenvalue weighted by Crippen LogP contribution is 2.31. The van der Waals surface area contributed by atoms with Crippen LogP contribution in [0.1, 0.15) is 11.1 Å². The van der Waals surface area contributed by atoms with Crippen molar-refractivity contribution in [2.24, 2.45) is 0 Å². The van der Waals surface area contributed by atoms with Gasteiger partial charge < -0.3 is 14.2 Å². The molecule has 156 valence electrons. The Morgan fingerprint density at radius 2 is 1.74 bits per heavy atom. The molecule has 0 atom stereocenters. The number of ether oxygens (including phenoxy) is 3. The Bertz CT molecular complexity index is 1150. The maximum absolute atomic E-state index is 12.2. The SMILES string of the molecule is COc1cc(C=C(C#N)c2ccccc2)ccc1OC(=O)COc1ccc(Cl)cc1Cl. The van der Waals surface area contributed by atoms with E-state index in [-0.39, 0.29) is 12.4 Å². The number of rotatable bonds is 7. The lowest BCUT2D eigenvalue weighted by molar-refractivity contribution is -0.136. The van der Waals surface area contributed by atoms with Gasteiger partial charge in [0, 0.05) is 5.02 Å². The standard InChI is InChI=1S/C24H17Cl2NO4/c1-29-23-12-16(11-18(14-27)17-5-3-2-4-6-17)7-9-22(23)31-24(28)15-30-21-10-8-19(25)13-20(21)26/h2-13H,15H2,1H3. The molecule has 0 amide bonds. The van der Waals surface area contributed by atoms with Gasteiger partial charge >= 0.3 is 5.97 Å². The summed E-state index contributed by atoms with van der Waals surface area (Å²) in [7, 11) is 1.46. The molecule has 0 aliphatic carbocycles. The first kappa shape index (κ1) is 22.2. The van der Waals surface area contributed by atoms with E-state index in [1.807, 2.05) is 30.3 Å². The number of halogens is 2. The van der Waals surface area contributed by atoms with E-state index >= 15 is 0 Å². The maximum atomic E-state index is 12.2. The molecule has 0 saturated carbocycles. The van der Waals surface area contributed by atoms with Gasteiger partial charge in [0.05, 0.1) is 23.8 Å². The largest absolute Gasteiger partial charge is 0.493 e. The molecule has 0 aliphatic heterocycles. The van der Waals surface area contributed by atoms with Crippen LogP contribution in [0.5, 0.6) is 17.2 Å². The summed E-state index contributed by atoms with van der Waals surface area (Å²) in [5.74, 6) is 0.265. The van der Waals surface area contributed by atoms with Crippen LogP contribution < -0.4 is 14.2 Å². The summed E-state index contributed by atoms with van der Waals surface area (Å²) in [5.41, 5.74) is 2.03. The van der Waals surface area contributed by atoms with Gasteiger partial charge in [-0.25, -0.2) is 4.79 Å². The number of nitrogens with zero attached hydrogens (tertiary/aromatic N) is 1. The highest BCUT2D eigenvalue weighted by Gasteiger charge is 2.13. The molecule has 5 nitrogen and oxygen atoms in total. The van der Waals surface area contributed by atoms with Crippen LogP contribution in [-0.2, 0) is 4.79 Å². The Morgan fingerprint density at radius 1 is 1.00 bits per heavy atom. The lowest BCUT2D eigenvalue weighted by atomic mass is 10.0. The number of carbonyl (C=O) groups excluding carboxylic acids is 1. The van der Waals surface area contributed by atoms with Crippen molar-refractivity contribution in [2.75, 3.05) is 13.7 Å². The van der Waals surface area contributed by atoms with Gasteiger partial charge in [0.1, 0.15) is 5.75 Å². The second kappa shape index (κ2) is 10.5. The number of hydrogen-bond acceptors (Lipinski definition) is 5. The van der Waals surface area contributed by atoms with Gasteiger partial charge in [0.2, 0.25) is 0 Å².